The molecule has 0 fully saturated rings. The van der Waals surface area contributed by atoms with Crippen molar-refractivity contribution in [3.05, 3.63) is 37.1 Å². The van der Waals surface area contributed by atoms with Crippen LogP contribution >= 0.6 is 0 Å². The third kappa shape index (κ3) is 4.55. The molecule has 0 saturated carbocycles. The van der Waals surface area contributed by atoms with Crippen LogP contribution in [0.15, 0.2) is 37.1 Å². The van der Waals surface area contributed by atoms with E-state index >= 15 is 0 Å². The molecule has 0 bridgehead atoms. The molecule has 0 aliphatic rings. The second-order valence-electron chi connectivity index (χ2n) is 1.36. The van der Waals surface area contributed by atoms with Gasteiger partial charge in [0.05, 0.1) is 0 Å². The summed E-state index contributed by atoms with van der Waals surface area (Å²) in [6, 6.07) is 0. The number of nitrogens with two attached hydrogens (primary N) is 1. The third-order valence-electron chi connectivity index (χ3n) is 0.657. The molecule has 0 atom stereocenters. The van der Waals surface area contributed by atoms with E-state index < -0.39 is 0 Å². The fourth-order valence-electron chi connectivity index (χ4n) is 0.313. The van der Waals surface area contributed by atoms with Gasteiger partial charge in [-0.1, -0.05) is 18.7 Å². The number of ketones is 1. The molecule has 0 radical (unpaired) electrons. The van der Waals surface area contributed by atoms with Crippen molar-refractivity contribution in [3.63, 3.8) is 0 Å². The highest BCUT2D eigenvalue weighted by Crippen LogP contribution is 1.78. The summed E-state index contributed by atoms with van der Waals surface area (Å²) in [5, 5.41) is 0. The van der Waals surface area contributed by atoms with Crippen LogP contribution in [0.4, 0.5) is 0 Å². The topological polar surface area (TPSA) is 43.1 Å². The average molecular weight is 123 g/mol. The van der Waals surface area contributed by atoms with Gasteiger partial charge in [-0.25, -0.2) is 0 Å². The summed E-state index contributed by atoms with van der Waals surface area (Å²) in [4.78, 5) is 10.5. The molecule has 9 heavy (non-hydrogen) atoms. The fraction of sp³-hybridized carbons (Fsp3) is 0. The molecule has 0 saturated heterocycles. The molecule has 2 heteroatoms. The Kier molecular flexibility index (Phi) is 4.14. The van der Waals surface area contributed by atoms with Gasteiger partial charge in [-0.05, 0) is 12.3 Å². The minimum Gasteiger partial charge on any atom is -0.404 e. The van der Waals surface area contributed by atoms with Gasteiger partial charge in [0.2, 0.25) is 0 Å². The first-order valence-electron chi connectivity index (χ1n) is 2.52. The van der Waals surface area contributed by atoms with Crippen molar-refractivity contribution in [2.45, 2.75) is 0 Å². The van der Waals surface area contributed by atoms with Gasteiger partial charge in [0.25, 0.3) is 0 Å². The third-order valence-corrected chi connectivity index (χ3v) is 0.657. The Balaban J connectivity index is 3.76. The fourth-order valence-corrected chi connectivity index (χ4v) is 0.313. The smallest absolute Gasteiger partial charge is 0.180 e. The lowest BCUT2D eigenvalue weighted by molar-refractivity contribution is -0.110. The summed E-state index contributed by atoms with van der Waals surface area (Å²) in [6.45, 7) is 3.40. The number of hydrogen-bond donors (Lipinski definition) is 1. The zero-order valence-electron chi connectivity index (χ0n) is 5.08. The Bertz CT molecular complexity index is 156. The first-order chi connectivity index (χ1) is 4.31. The van der Waals surface area contributed by atoms with Gasteiger partial charge in [0.1, 0.15) is 0 Å². The summed E-state index contributed by atoms with van der Waals surface area (Å²) < 4.78 is 0. The molecule has 0 aliphatic heterocycles. The van der Waals surface area contributed by atoms with Gasteiger partial charge < -0.3 is 5.73 Å². The van der Waals surface area contributed by atoms with Gasteiger partial charge >= 0.3 is 0 Å². The van der Waals surface area contributed by atoms with Crippen molar-refractivity contribution >= 4 is 5.78 Å². The summed E-state index contributed by atoms with van der Waals surface area (Å²) in [5.74, 6) is -0.127. The molecular weight excluding hydrogens is 114 g/mol. The van der Waals surface area contributed by atoms with Crippen LogP contribution < -0.4 is 5.73 Å². The quantitative estimate of drug-likeness (QED) is 0.445. The largest absolute Gasteiger partial charge is 0.404 e. The second-order valence-corrected chi connectivity index (χ2v) is 1.36. The maximum absolute atomic E-state index is 10.5. The molecule has 0 heterocycles. The van der Waals surface area contributed by atoms with Gasteiger partial charge in [0, 0.05) is 6.08 Å². The van der Waals surface area contributed by atoms with E-state index in [1.54, 1.807) is 6.08 Å². The van der Waals surface area contributed by atoms with Gasteiger partial charge in [0.15, 0.2) is 5.78 Å². The Morgan fingerprint density at radius 3 is 2.56 bits per heavy atom. The predicted molar refractivity (Wildman–Crippen MR) is 37.7 cm³/mol. The molecule has 0 unspecified atom stereocenters. The zero-order valence-corrected chi connectivity index (χ0v) is 5.08. The highest BCUT2D eigenvalue weighted by atomic mass is 16.1. The predicted octanol–water partition coefficient (Wildman–Crippen LogP) is 0.770. The molecule has 0 spiro atoms. The number of hydrogen-bond acceptors (Lipinski definition) is 2. The van der Waals surface area contributed by atoms with Crippen molar-refractivity contribution in [2.24, 2.45) is 5.73 Å². The van der Waals surface area contributed by atoms with E-state index in [1.807, 2.05) is 0 Å². The van der Waals surface area contributed by atoms with Crippen LogP contribution in [0.1, 0.15) is 0 Å². The number of carbonyl (C=O) groups excluding carboxylic acids is 1. The summed E-state index contributed by atoms with van der Waals surface area (Å²) >= 11 is 0. The first kappa shape index (κ1) is 7.69. The van der Waals surface area contributed by atoms with E-state index in [0.717, 1.165) is 0 Å². The summed E-state index contributed by atoms with van der Waals surface area (Å²) in [7, 11) is 0. The lowest BCUT2D eigenvalue weighted by atomic mass is 10.3. The van der Waals surface area contributed by atoms with Crippen LogP contribution in [-0.4, -0.2) is 5.78 Å². The van der Waals surface area contributed by atoms with Gasteiger partial charge in [-0.2, -0.15) is 0 Å². The Labute approximate surface area is 54.4 Å². The second kappa shape index (κ2) is 4.84. The van der Waals surface area contributed by atoms with Crippen LogP contribution in [0.3, 0.4) is 0 Å². The van der Waals surface area contributed by atoms with Crippen molar-refractivity contribution in [1.82, 2.24) is 0 Å². The van der Waals surface area contributed by atoms with E-state index in [2.05, 4.69) is 6.58 Å². The summed E-state index contributed by atoms with van der Waals surface area (Å²) in [5.41, 5.74) is 4.94. The first-order valence-corrected chi connectivity index (χ1v) is 2.52. The molecule has 2 N–H and O–H groups in total. The van der Waals surface area contributed by atoms with Crippen molar-refractivity contribution in [1.29, 1.82) is 0 Å². The molecule has 48 valence electrons. The van der Waals surface area contributed by atoms with Crippen LogP contribution in [0.2, 0.25) is 0 Å². The van der Waals surface area contributed by atoms with Crippen LogP contribution in [0, 0.1) is 0 Å². The van der Waals surface area contributed by atoms with Crippen LogP contribution in [-0.2, 0) is 4.79 Å². The van der Waals surface area contributed by atoms with E-state index in [-0.39, 0.29) is 5.78 Å². The van der Waals surface area contributed by atoms with E-state index in [1.165, 1.54) is 24.4 Å². The Hall–Kier alpha value is -1.31. The highest BCUT2D eigenvalue weighted by Gasteiger charge is 1.81. The van der Waals surface area contributed by atoms with E-state index in [4.69, 9.17) is 5.73 Å². The standard InChI is InChI=1S/C7H9NO/c1-2-3-4-7(9)5-6-8/h2-6H,1,8H2/b4-3+,6-5?. The lowest BCUT2D eigenvalue weighted by Gasteiger charge is -1.76. The zero-order chi connectivity index (χ0) is 7.11. The van der Waals surface area contributed by atoms with Gasteiger partial charge in [-0.15, -0.1) is 0 Å². The molecule has 0 aromatic rings. The van der Waals surface area contributed by atoms with Crippen LogP contribution in [0.25, 0.3) is 0 Å². The highest BCUT2D eigenvalue weighted by molar-refractivity contribution is 5.99. The minimum atomic E-state index is -0.127. The maximum atomic E-state index is 10.5. The lowest BCUT2D eigenvalue weighted by Crippen LogP contribution is -1.87. The maximum Gasteiger partial charge on any atom is 0.180 e. The van der Waals surface area contributed by atoms with Gasteiger partial charge in [-0.3, -0.25) is 4.79 Å². The normalized spacial score (nSPS) is 10.7. The Morgan fingerprint density at radius 2 is 2.11 bits per heavy atom. The van der Waals surface area contributed by atoms with Crippen molar-refractivity contribution < 1.29 is 4.79 Å². The molecule has 0 rings (SSSR count). The number of allylic oxidation sites excluding steroid dienone is 4. The molecular formula is C7H9NO. The van der Waals surface area contributed by atoms with E-state index in [0.29, 0.717) is 0 Å². The number of carbonyl (C=O) groups is 1. The SMILES string of the molecule is C=C/C=C/C(=O)C=CN. The molecule has 0 aliphatic carbocycles. The van der Waals surface area contributed by atoms with Crippen molar-refractivity contribution in [2.75, 3.05) is 0 Å². The minimum absolute atomic E-state index is 0.127. The molecule has 2 nitrogen and oxygen atoms in total. The van der Waals surface area contributed by atoms with E-state index in [9.17, 15) is 4.79 Å². The number of rotatable bonds is 3. The van der Waals surface area contributed by atoms with Crippen LogP contribution in [0.5, 0.6) is 0 Å². The monoisotopic (exact) mass is 123 g/mol. The molecule has 0 amide bonds. The van der Waals surface area contributed by atoms with Crippen molar-refractivity contribution in [3.8, 4) is 0 Å². The average Bonchev–Trinajstić information content (AvgIpc) is 1.85. The summed E-state index contributed by atoms with van der Waals surface area (Å²) in [6.07, 6.45) is 6.96. The Morgan fingerprint density at radius 1 is 1.44 bits per heavy atom. The molecule has 0 aromatic carbocycles. The molecule has 0 aromatic heterocycles.